The van der Waals surface area contributed by atoms with Gasteiger partial charge < -0.3 is 14.7 Å². The molecule has 3 amide bonds. The average Bonchev–Trinajstić information content (AvgIpc) is 3.06. The Morgan fingerprint density at radius 1 is 0.786 bits per heavy atom. The number of likely N-dealkylation sites (tertiary alicyclic amines) is 1. The number of amides is 3. The number of carbonyl (C=O) groups is 3. The molecule has 2 aromatic carbocycles. The highest BCUT2D eigenvalue weighted by molar-refractivity contribution is 6.41. The van der Waals surface area contributed by atoms with Gasteiger partial charge in [0.25, 0.3) is 0 Å². The molecule has 2 aliphatic heterocycles. The smallest absolute Gasteiger partial charge is 0.316 e. The van der Waals surface area contributed by atoms with Crippen molar-refractivity contribution in [2.45, 2.75) is 13.0 Å². The van der Waals surface area contributed by atoms with Gasteiger partial charge in [0.2, 0.25) is 5.91 Å². The number of hydrogen-bond acceptors (Lipinski definition) is 3. The maximum Gasteiger partial charge on any atom is 0.316 e. The van der Waals surface area contributed by atoms with Gasteiger partial charge in [0.1, 0.15) is 0 Å². The molecule has 0 spiro atoms. The lowest BCUT2D eigenvalue weighted by Crippen LogP contribution is -2.55. The van der Waals surface area contributed by atoms with Gasteiger partial charge in [0.15, 0.2) is 0 Å². The lowest BCUT2D eigenvalue weighted by atomic mass is 10.1. The second kappa shape index (κ2) is 7.84. The summed E-state index contributed by atoms with van der Waals surface area (Å²) in [6.45, 7) is 2.62. The molecule has 0 radical (unpaired) electrons. The first-order valence-corrected chi connectivity index (χ1v) is 9.59. The Kier molecular flexibility index (Phi) is 5.10. The minimum absolute atomic E-state index is 0.0660. The normalized spacial score (nSPS) is 20.2. The summed E-state index contributed by atoms with van der Waals surface area (Å²) in [7, 11) is 0. The van der Waals surface area contributed by atoms with Crippen molar-refractivity contribution < 1.29 is 14.4 Å². The summed E-state index contributed by atoms with van der Waals surface area (Å²) in [6.07, 6.45) is 0.424. The maximum absolute atomic E-state index is 12.6. The van der Waals surface area contributed by atoms with E-state index in [9.17, 15) is 14.4 Å². The van der Waals surface area contributed by atoms with Crippen LogP contribution in [0.15, 0.2) is 60.7 Å². The molecule has 2 aromatic rings. The second-order valence-corrected chi connectivity index (χ2v) is 7.37. The Morgan fingerprint density at radius 2 is 1.46 bits per heavy atom. The third-order valence-corrected chi connectivity index (χ3v) is 5.37. The number of hydrogen-bond donors (Lipinski definition) is 0. The van der Waals surface area contributed by atoms with E-state index in [1.54, 1.807) is 4.90 Å². The van der Waals surface area contributed by atoms with E-state index in [0.717, 1.165) is 11.3 Å². The average molecular weight is 377 g/mol. The molecular weight excluding hydrogens is 354 g/mol. The molecule has 0 N–H and O–H groups in total. The number of carbonyl (C=O) groups excluding carboxylic acids is 3. The Morgan fingerprint density at radius 3 is 2.18 bits per heavy atom. The SMILES string of the molecule is O=C1CC(CN2CCN(c3ccccc3)C(=O)C2=O)CN1Cc1ccccc1. The predicted octanol–water partition coefficient (Wildman–Crippen LogP) is 1.91. The van der Waals surface area contributed by atoms with Crippen LogP contribution in [0.3, 0.4) is 0 Å². The van der Waals surface area contributed by atoms with Gasteiger partial charge >= 0.3 is 11.8 Å². The summed E-state index contributed by atoms with van der Waals surface area (Å²) in [6, 6.07) is 19.1. The lowest BCUT2D eigenvalue weighted by molar-refractivity contribution is -0.146. The van der Waals surface area contributed by atoms with Crippen molar-refractivity contribution in [3.63, 3.8) is 0 Å². The summed E-state index contributed by atoms with van der Waals surface area (Å²) in [4.78, 5) is 42.5. The molecular formula is C22H23N3O3. The Balaban J connectivity index is 1.36. The van der Waals surface area contributed by atoms with Crippen LogP contribution in [-0.2, 0) is 20.9 Å². The zero-order valence-electron chi connectivity index (χ0n) is 15.7. The Hall–Kier alpha value is -3.15. The predicted molar refractivity (Wildman–Crippen MR) is 105 cm³/mol. The third kappa shape index (κ3) is 3.76. The van der Waals surface area contributed by atoms with Gasteiger partial charge in [-0.25, -0.2) is 0 Å². The van der Waals surface area contributed by atoms with E-state index >= 15 is 0 Å². The van der Waals surface area contributed by atoms with Gasteiger partial charge in [-0.2, -0.15) is 0 Å². The second-order valence-electron chi connectivity index (χ2n) is 7.37. The highest BCUT2D eigenvalue weighted by Gasteiger charge is 2.37. The molecule has 0 aromatic heterocycles. The molecule has 1 atom stereocenters. The summed E-state index contributed by atoms with van der Waals surface area (Å²) in [5.74, 6) is -0.807. The van der Waals surface area contributed by atoms with E-state index < -0.39 is 11.8 Å². The van der Waals surface area contributed by atoms with Crippen molar-refractivity contribution in [1.29, 1.82) is 0 Å². The molecule has 0 aliphatic carbocycles. The molecule has 4 rings (SSSR count). The molecule has 6 nitrogen and oxygen atoms in total. The van der Waals surface area contributed by atoms with Crippen molar-refractivity contribution in [3.8, 4) is 0 Å². The van der Waals surface area contributed by atoms with Crippen LogP contribution in [0, 0.1) is 5.92 Å². The zero-order valence-corrected chi connectivity index (χ0v) is 15.7. The zero-order chi connectivity index (χ0) is 19.5. The lowest BCUT2D eigenvalue weighted by Gasteiger charge is -2.34. The summed E-state index contributed by atoms with van der Waals surface area (Å²) in [5.41, 5.74) is 1.84. The molecule has 0 bridgehead atoms. The molecule has 28 heavy (non-hydrogen) atoms. The van der Waals surface area contributed by atoms with E-state index in [0.29, 0.717) is 39.1 Å². The van der Waals surface area contributed by atoms with Crippen LogP contribution >= 0.6 is 0 Å². The number of benzene rings is 2. The number of anilines is 1. The number of rotatable bonds is 5. The van der Waals surface area contributed by atoms with Crippen LogP contribution in [0.2, 0.25) is 0 Å². The van der Waals surface area contributed by atoms with Gasteiger partial charge in [-0.15, -0.1) is 0 Å². The van der Waals surface area contributed by atoms with Gasteiger partial charge in [0.05, 0.1) is 0 Å². The van der Waals surface area contributed by atoms with Crippen molar-refractivity contribution in [1.82, 2.24) is 9.80 Å². The minimum Gasteiger partial charge on any atom is -0.338 e. The third-order valence-electron chi connectivity index (χ3n) is 5.37. The largest absolute Gasteiger partial charge is 0.338 e. The Labute approximate surface area is 164 Å². The molecule has 2 fully saturated rings. The van der Waals surface area contributed by atoms with Crippen molar-refractivity contribution in [2.75, 3.05) is 31.1 Å². The van der Waals surface area contributed by atoms with Crippen molar-refractivity contribution in [2.24, 2.45) is 5.92 Å². The van der Waals surface area contributed by atoms with E-state index in [-0.39, 0.29) is 11.8 Å². The molecule has 2 aliphatic rings. The fraction of sp³-hybridized carbons (Fsp3) is 0.318. The molecule has 2 saturated heterocycles. The molecule has 0 saturated carbocycles. The number of nitrogens with zero attached hydrogens (tertiary/aromatic N) is 3. The van der Waals surface area contributed by atoms with Gasteiger partial charge in [-0.05, 0) is 17.7 Å². The van der Waals surface area contributed by atoms with Crippen LogP contribution in [0.4, 0.5) is 5.69 Å². The summed E-state index contributed by atoms with van der Waals surface area (Å²) < 4.78 is 0. The van der Waals surface area contributed by atoms with E-state index in [4.69, 9.17) is 0 Å². The monoisotopic (exact) mass is 377 g/mol. The van der Waals surface area contributed by atoms with Crippen LogP contribution in [0.25, 0.3) is 0 Å². The fourth-order valence-electron chi connectivity index (χ4n) is 3.95. The van der Waals surface area contributed by atoms with Crippen LogP contribution in [0.1, 0.15) is 12.0 Å². The standard InChI is InChI=1S/C22H23N3O3/c26-20-13-18(16-24(20)14-17-7-3-1-4-8-17)15-23-11-12-25(22(28)21(23)27)19-9-5-2-6-10-19/h1-10,18H,11-16H2. The fourth-order valence-corrected chi connectivity index (χ4v) is 3.95. The molecule has 6 heteroatoms. The number of piperazine rings is 1. The first-order valence-electron chi connectivity index (χ1n) is 9.59. The highest BCUT2D eigenvalue weighted by atomic mass is 16.2. The van der Waals surface area contributed by atoms with Crippen LogP contribution in [-0.4, -0.2) is 53.7 Å². The van der Waals surface area contributed by atoms with Gasteiger partial charge in [-0.3, -0.25) is 14.4 Å². The Bertz CT molecular complexity index is 869. The number of para-hydroxylation sites is 1. The molecule has 144 valence electrons. The van der Waals surface area contributed by atoms with Gasteiger partial charge in [-0.1, -0.05) is 48.5 Å². The first-order chi connectivity index (χ1) is 13.6. The quantitative estimate of drug-likeness (QED) is 0.748. The van der Waals surface area contributed by atoms with E-state index in [1.807, 2.05) is 65.6 Å². The highest BCUT2D eigenvalue weighted by Crippen LogP contribution is 2.23. The molecule has 2 heterocycles. The topological polar surface area (TPSA) is 60.9 Å². The van der Waals surface area contributed by atoms with Gasteiger partial charge in [0, 0.05) is 50.7 Å². The minimum atomic E-state index is -0.497. The summed E-state index contributed by atoms with van der Waals surface area (Å²) >= 11 is 0. The van der Waals surface area contributed by atoms with E-state index in [2.05, 4.69) is 0 Å². The van der Waals surface area contributed by atoms with Crippen molar-refractivity contribution >= 4 is 23.4 Å². The first kappa shape index (κ1) is 18.2. The summed E-state index contributed by atoms with van der Waals surface area (Å²) in [5, 5.41) is 0. The maximum atomic E-state index is 12.6. The van der Waals surface area contributed by atoms with E-state index in [1.165, 1.54) is 4.90 Å². The molecule has 1 unspecified atom stereocenters. The van der Waals surface area contributed by atoms with Crippen molar-refractivity contribution in [3.05, 3.63) is 66.2 Å². The van der Waals surface area contributed by atoms with Crippen LogP contribution < -0.4 is 4.90 Å². The van der Waals surface area contributed by atoms with Crippen LogP contribution in [0.5, 0.6) is 0 Å².